The molecule has 4 rings (SSSR count). The molecule has 202 valence electrons. The van der Waals surface area contributed by atoms with Gasteiger partial charge in [-0.15, -0.1) is 0 Å². The average molecular weight is 516 g/mol. The molecule has 3 N–H and O–H groups in total. The monoisotopic (exact) mass is 515 g/mol. The number of piperidine rings is 1. The van der Waals surface area contributed by atoms with Gasteiger partial charge < -0.3 is 15.0 Å². The van der Waals surface area contributed by atoms with Crippen molar-refractivity contribution in [1.82, 2.24) is 26.1 Å². The number of hydrogen-bond donors (Lipinski definition) is 3. The van der Waals surface area contributed by atoms with E-state index in [0.29, 0.717) is 45.1 Å². The zero-order valence-electron chi connectivity index (χ0n) is 21.7. The Balaban J connectivity index is 1.19. The van der Waals surface area contributed by atoms with Crippen molar-refractivity contribution in [2.24, 2.45) is 5.92 Å². The van der Waals surface area contributed by atoms with E-state index in [-0.39, 0.29) is 36.5 Å². The Kier molecular flexibility index (Phi) is 8.21. The van der Waals surface area contributed by atoms with Gasteiger partial charge in [0.1, 0.15) is 18.2 Å². The Morgan fingerprint density at radius 1 is 0.946 bits per heavy atom. The van der Waals surface area contributed by atoms with E-state index in [1.807, 2.05) is 51.1 Å². The maximum absolute atomic E-state index is 12.9. The lowest BCUT2D eigenvalue weighted by Crippen LogP contribution is -2.55. The Hall–Kier alpha value is -3.34. The van der Waals surface area contributed by atoms with Crippen molar-refractivity contribution in [3.05, 3.63) is 35.9 Å². The lowest BCUT2D eigenvalue weighted by molar-refractivity contribution is -0.140. The van der Waals surface area contributed by atoms with E-state index in [1.165, 1.54) is 9.96 Å². The molecule has 1 aromatic carbocycles. The Morgan fingerprint density at radius 3 is 2.30 bits per heavy atom. The molecule has 2 atom stereocenters. The van der Waals surface area contributed by atoms with E-state index < -0.39 is 23.6 Å². The first-order valence-electron chi connectivity index (χ1n) is 13.0. The number of hydrogen-bond acceptors (Lipinski definition) is 6. The summed E-state index contributed by atoms with van der Waals surface area (Å²) in [6.07, 6.45) is 3.15. The van der Waals surface area contributed by atoms with Crippen LogP contribution in [0.4, 0.5) is 9.59 Å². The number of ether oxygens (including phenoxy) is 1. The molecule has 3 aliphatic rings. The summed E-state index contributed by atoms with van der Waals surface area (Å²) in [7, 11) is 0. The number of rotatable bonds is 6. The highest BCUT2D eigenvalue weighted by Gasteiger charge is 2.48. The van der Waals surface area contributed by atoms with Crippen molar-refractivity contribution in [3.8, 4) is 0 Å². The average Bonchev–Trinajstić information content (AvgIpc) is 3.10. The van der Waals surface area contributed by atoms with Crippen molar-refractivity contribution < 1.29 is 28.8 Å². The number of nitrogens with one attached hydrogen (secondary N) is 3. The van der Waals surface area contributed by atoms with Crippen molar-refractivity contribution in [2.45, 2.75) is 89.6 Å². The minimum atomic E-state index is -0.664. The number of amides is 5. The largest absolute Gasteiger partial charge is 0.444 e. The topological polar surface area (TPSA) is 129 Å². The summed E-state index contributed by atoms with van der Waals surface area (Å²) < 4.78 is 5.29. The molecular formula is C26H37N5O6. The highest BCUT2D eigenvalue weighted by molar-refractivity contribution is 5.90. The summed E-state index contributed by atoms with van der Waals surface area (Å²) in [4.78, 5) is 57.7. The lowest BCUT2D eigenvalue weighted by atomic mass is 9.85. The van der Waals surface area contributed by atoms with Gasteiger partial charge in [-0.25, -0.2) is 9.59 Å². The minimum Gasteiger partial charge on any atom is -0.444 e. The second-order valence-corrected chi connectivity index (χ2v) is 10.9. The molecule has 3 fully saturated rings. The van der Waals surface area contributed by atoms with E-state index in [0.717, 1.165) is 5.56 Å². The molecule has 0 radical (unpaired) electrons. The van der Waals surface area contributed by atoms with Crippen LogP contribution in [0.2, 0.25) is 0 Å². The second-order valence-electron chi connectivity index (χ2n) is 10.9. The number of hydrazine groups is 1. The molecule has 0 unspecified atom stereocenters. The molecular weight excluding hydrogens is 478 g/mol. The van der Waals surface area contributed by atoms with E-state index in [2.05, 4.69) is 16.2 Å². The van der Waals surface area contributed by atoms with Crippen LogP contribution >= 0.6 is 0 Å². The fraction of sp³-hybridized carbons (Fsp3) is 0.615. The van der Waals surface area contributed by atoms with Crippen LogP contribution in [0.25, 0.3) is 0 Å². The number of nitrogens with zero attached hydrogens (tertiary/aromatic N) is 2. The number of urea groups is 1. The van der Waals surface area contributed by atoms with E-state index in [9.17, 15) is 19.2 Å². The smallest absolute Gasteiger partial charge is 0.407 e. The van der Waals surface area contributed by atoms with Crippen LogP contribution in [0.15, 0.2) is 30.3 Å². The zero-order valence-corrected chi connectivity index (χ0v) is 21.7. The van der Waals surface area contributed by atoms with E-state index in [1.54, 1.807) is 0 Å². The molecule has 11 heteroatoms. The number of fused-ring (bicyclic) bond motifs is 2. The Bertz CT molecular complexity index is 989. The first-order chi connectivity index (χ1) is 17.6. The molecule has 2 saturated heterocycles. The minimum absolute atomic E-state index is 0.0445. The molecule has 0 aromatic heterocycles. The lowest BCUT2D eigenvalue weighted by Gasteiger charge is -2.31. The van der Waals surface area contributed by atoms with Gasteiger partial charge in [-0.3, -0.25) is 25.3 Å². The highest BCUT2D eigenvalue weighted by Crippen LogP contribution is 2.30. The predicted molar refractivity (Wildman–Crippen MR) is 133 cm³/mol. The van der Waals surface area contributed by atoms with Gasteiger partial charge in [-0.05, 0) is 64.9 Å². The SMILES string of the molecule is CC(C)(C)OC(=O)N[C@H]1CC[C@H](C(=O)NNC(=O)[C@@H]2CC[C@H]3CN2C(=O)N3OCc2ccccc2)CC1. The van der Waals surface area contributed by atoms with E-state index in [4.69, 9.17) is 9.57 Å². The number of alkyl carbamates (subject to hydrolysis) is 1. The third-order valence-electron chi connectivity index (χ3n) is 6.97. The first-order valence-corrected chi connectivity index (χ1v) is 13.0. The van der Waals surface area contributed by atoms with Gasteiger partial charge >= 0.3 is 12.1 Å². The van der Waals surface area contributed by atoms with Gasteiger partial charge in [-0.1, -0.05) is 30.3 Å². The molecule has 37 heavy (non-hydrogen) atoms. The maximum atomic E-state index is 12.9. The van der Waals surface area contributed by atoms with Gasteiger partial charge in [-0.2, -0.15) is 5.06 Å². The molecule has 2 bridgehead atoms. The van der Waals surface area contributed by atoms with Crippen LogP contribution in [-0.4, -0.2) is 64.2 Å². The Morgan fingerprint density at radius 2 is 1.62 bits per heavy atom. The van der Waals surface area contributed by atoms with Crippen LogP contribution < -0.4 is 16.2 Å². The molecule has 1 saturated carbocycles. The van der Waals surface area contributed by atoms with Crippen molar-refractivity contribution in [3.63, 3.8) is 0 Å². The summed E-state index contributed by atoms with van der Waals surface area (Å²) in [6, 6.07) is 8.45. The van der Waals surface area contributed by atoms with Crippen molar-refractivity contribution in [1.29, 1.82) is 0 Å². The third-order valence-corrected chi connectivity index (χ3v) is 6.97. The van der Waals surface area contributed by atoms with Crippen molar-refractivity contribution >= 4 is 23.9 Å². The fourth-order valence-corrected chi connectivity index (χ4v) is 5.07. The van der Waals surface area contributed by atoms with Crippen LogP contribution in [0, 0.1) is 5.92 Å². The molecule has 1 aromatic rings. The molecule has 2 aliphatic heterocycles. The summed E-state index contributed by atoms with van der Waals surface area (Å²) in [6.45, 7) is 6.11. The van der Waals surface area contributed by atoms with Crippen LogP contribution in [0.3, 0.4) is 0 Å². The highest BCUT2D eigenvalue weighted by atomic mass is 16.7. The van der Waals surface area contributed by atoms with Crippen LogP contribution in [0.1, 0.15) is 64.9 Å². The number of benzene rings is 1. The van der Waals surface area contributed by atoms with Gasteiger partial charge in [0.2, 0.25) is 5.91 Å². The summed E-state index contributed by atoms with van der Waals surface area (Å²) in [5.74, 6) is -0.938. The molecule has 11 nitrogen and oxygen atoms in total. The first kappa shape index (κ1) is 26.7. The molecule has 1 aliphatic carbocycles. The summed E-state index contributed by atoms with van der Waals surface area (Å²) >= 11 is 0. The predicted octanol–water partition coefficient (Wildman–Crippen LogP) is 2.62. The van der Waals surface area contributed by atoms with Crippen molar-refractivity contribution in [2.75, 3.05) is 6.54 Å². The second kappa shape index (κ2) is 11.4. The van der Waals surface area contributed by atoms with E-state index >= 15 is 0 Å². The standard InChI is InChI=1S/C26H37N5O6/c1-26(2,3)37-24(34)27-19-11-9-18(10-12-19)22(32)28-29-23(33)21-14-13-20-15-30(21)25(35)31(20)36-16-17-7-5-4-6-8-17/h4-8,18-21H,9-16H2,1-3H3,(H,27,34)(H,28,32)(H,29,33)/t18-,19-,20-,21-/m0/s1. The summed E-state index contributed by atoms with van der Waals surface area (Å²) in [5.41, 5.74) is 5.44. The molecule has 0 spiro atoms. The van der Waals surface area contributed by atoms with Gasteiger partial charge in [0.05, 0.1) is 6.04 Å². The van der Waals surface area contributed by atoms with Gasteiger partial charge in [0.15, 0.2) is 0 Å². The van der Waals surface area contributed by atoms with Crippen LogP contribution in [-0.2, 0) is 25.8 Å². The normalized spacial score (nSPS) is 25.4. The fourth-order valence-electron chi connectivity index (χ4n) is 5.07. The van der Waals surface area contributed by atoms with Gasteiger partial charge in [0.25, 0.3) is 5.91 Å². The Labute approximate surface area is 217 Å². The quantitative estimate of drug-likeness (QED) is 0.500. The molecule has 2 heterocycles. The number of carbonyl (C=O) groups is 4. The number of carbonyl (C=O) groups excluding carboxylic acids is 4. The van der Waals surface area contributed by atoms with Gasteiger partial charge in [0, 0.05) is 18.5 Å². The molecule has 5 amide bonds. The maximum Gasteiger partial charge on any atom is 0.407 e. The van der Waals surface area contributed by atoms with Crippen LogP contribution in [0.5, 0.6) is 0 Å². The summed E-state index contributed by atoms with van der Waals surface area (Å²) in [5, 5.41) is 4.23. The number of hydroxylamine groups is 2. The zero-order chi connectivity index (χ0) is 26.6. The third kappa shape index (κ3) is 6.91.